The third-order valence-electron chi connectivity index (χ3n) is 3.05. The Kier molecular flexibility index (Phi) is 3.04. The van der Waals surface area contributed by atoms with E-state index in [1.165, 1.54) is 6.33 Å². The maximum absolute atomic E-state index is 11.7. The van der Waals surface area contributed by atoms with E-state index in [4.69, 9.17) is 5.73 Å². The van der Waals surface area contributed by atoms with Crippen molar-refractivity contribution in [1.82, 2.24) is 15.0 Å². The topological polar surface area (TPSA) is 96.7 Å². The van der Waals surface area contributed by atoms with E-state index in [1.807, 2.05) is 36.4 Å². The number of rotatable bonds is 4. The first-order valence-corrected chi connectivity index (χ1v) is 6.14. The minimum absolute atomic E-state index is 0.460. The summed E-state index contributed by atoms with van der Waals surface area (Å²) < 4.78 is 0. The molecule has 2 heterocycles. The fourth-order valence-electron chi connectivity index (χ4n) is 2.09. The number of carbonyl (C=O) groups excluding carboxylic acids is 1. The first kappa shape index (κ1) is 12.2. The van der Waals surface area contributed by atoms with Crippen LogP contribution in [0.3, 0.4) is 0 Å². The number of nitrogens with zero attached hydrogens (tertiary/aromatic N) is 2. The SMILES string of the molecule is NC(=O)C(Nc1ncnc2[nH]ccc12)c1ccccc1. The minimum atomic E-state index is -0.635. The first-order valence-electron chi connectivity index (χ1n) is 6.14. The number of fused-ring (bicyclic) bond motifs is 1. The van der Waals surface area contributed by atoms with Gasteiger partial charge in [0.05, 0.1) is 5.39 Å². The Morgan fingerprint density at radius 2 is 2.00 bits per heavy atom. The molecule has 3 rings (SSSR count). The summed E-state index contributed by atoms with van der Waals surface area (Å²) in [5.74, 6) is 0.113. The quantitative estimate of drug-likeness (QED) is 0.668. The smallest absolute Gasteiger partial charge is 0.244 e. The van der Waals surface area contributed by atoms with Gasteiger partial charge in [0.15, 0.2) is 0 Å². The van der Waals surface area contributed by atoms with Crippen molar-refractivity contribution >= 4 is 22.8 Å². The van der Waals surface area contributed by atoms with Crippen LogP contribution in [-0.4, -0.2) is 20.9 Å². The predicted molar refractivity (Wildman–Crippen MR) is 75.9 cm³/mol. The lowest BCUT2D eigenvalue weighted by atomic mass is 10.1. The molecule has 1 amide bonds. The zero-order chi connectivity index (χ0) is 13.9. The zero-order valence-corrected chi connectivity index (χ0v) is 10.6. The van der Waals surface area contributed by atoms with E-state index in [-0.39, 0.29) is 0 Å². The Morgan fingerprint density at radius 3 is 2.75 bits per heavy atom. The second-order valence-electron chi connectivity index (χ2n) is 4.35. The number of carbonyl (C=O) groups is 1. The van der Waals surface area contributed by atoms with Crippen molar-refractivity contribution in [3.05, 3.63) is 54.5 Å². The summed E-state index contributed by atoms with van der Waals surface area (Å²) in [7, 11) is 0. The lowest BCUT2D eigenvalue weighted by Gasteiger charge is -2.16. The lowest BCUT2D eigenvalue weighted by Crippen LogP contribution is -2.28. The Balaban J connectivity index is 1.99. The van der Waals surface area contributed by atoms with Gasteiger partial charge in [-0.25, -0.2) is 9.97 Å². The van der Waals surface area contributed by atoms with E-state index < -0.39 is 11.9 Å². The van der Waals surface area contributed by atoms with E-state index >= 15 is 0 Å². The highest BCUT2D eigenvalue weighted by molar-refractivity contribution is 5.90. The summed E-state index contributed by atoms with van der Waals surface area (Å²) in [6, 6.07) is 10.5. The number of amides is 1. The van der Waals surface area contributed by atoms with Crippen LogP contribution in [0.2, 0.25) is 0 Å². The molecule has 0 saturated carbocycles. The summed E-state index contributed by atoms with van der Waals surface area (Å²) in [5, 5.41) is 3.89. The molecule has 0 spiro atoms. The third-order valence-corrected chi connectivity index (χ3v) is 3.05. The largest absolute Gasteiger partial charge is 0.368 e. The molecule has 4 N–H and O–H groups in total. The van der Waals surface area contributed by atoms with Crippen molar-refractivity contribution in [3.63, 3.8) is 0 Å². The van der Waals surface area contributed by atoms with Gasteiger partial charge < -0.3 is 16.0 Å². The van der Waals surface area contributed by atoms with Crippen LogP contribution < -0.4 is 11.1 Å². The van der Waals surface area contributed by atoms with Crippen LogP contribution in [0.25, 0.3) is 11.0 Å². The second kappa shape index (κ2) is 5.00. The molecule has 1 unspecified atom stereocenters. The van der Waals surface area contributed by atoms with Crippen molar-refractivity contribution in [3.8, 4) is 0 Å². The summed E-state index contributed by atoms with van der Waals surface area (Å²) >= 11 is 0. The maximum Gasteiger partial charge on any atom is 0.244 e. The van der Waals surface area contributed by atoms with Gasteiger partial charge in [-0.3, -0.25) is 4.79 Å². The standard InChI is InChI=1S/C14H13N5O/c15-12(20)11(9-4-2-1-3-5-9)19-14-10-6-7-16-13(10)17-8-18-14/h1-8,11H,(H2,15,20)(H2,16,17,18,19). The van der Waals surface area contributed by atoms with Crippen molar-refractivity contribution in [1.29, 1.82) is 0 Å². The van der Waals surface area contributed by atoms with Gasteiger partial charge in [-0.15, -0.1) is 0 Å². The molecule has 0 saturated heterocycles. The van der Waals surface area contributed by atoms with Crippen molar-refractivity contribution in [2.24, 2.45) is 5.73 Å². The van der Waals surface area contributed by atoms with Crippen LogP contribution in [0.5, 0.6) is 0 Å². The number of primary amides is 1. The van der Waals surface area contributed by atoms with Crippen LogP contribution in [0.15, 0.2) is 48.9 Å². The average Bonchev–Trinajstić information content (AvgIpc) is 2.94. The van der Waals surface area contributed by atoms with Crippen LogP contribution in [0.1, 0.15) is 11.6 Å². The fraction of sp³-hybridized carbons (Fsp3) is 0.0714. The summed E-state index contributed by atoms with van der Waals surface area (Å²) in [5.41, 5.74) is 6.98. The predicted octanol–water partition coefficient (Wildman–Crippen LogP) is 1.60. The monoisotopic (exact) mass is 267 g/mol. The van der Waals surface area contributed by atoms with E-state index in [2.05, 4.69) is 20.3 Å². The Labute approximate surface area is 115 Å². The molecule has 0 radical (unpaired) electrons. The van der Waals surface area contributed by atoms with Gasteiger partial charge in [-0.1, -0.05) is 30.3 Å². The molecule has 100 valence electrons. The van der Waals surface area contributed by atoms with Gasteiger partial charge in [-0.2, -0.15) is 0 Å². The van der Waals surface area contributed by atoms with Gasteiger partial charge in [0.2, 0.25) is 5.91 Å². The number of nitrogens with two attached hydrogens (primary N) is 1. The lowest BCUT2D eigenvalue weighted by molar-refractivity contribution is -0.118. The molecule has 3 aromatic rings. The van der Waals surface area contributed by atoms with E-state index in [1.54, 1.807) is 6.20 Å². The molecule has 0 aliphatic rings. The van der Waals surface area contributed by atoms with E-state index in [0.717, 1.165) is 10.9 Å². The molecule has 0 aliphatic heterocycles. The number of H-pyrrole nitrogens is 1. The van der Waals surface area contributed by atoms with Gasteiger partial charge in [-0.05, 0) is 11.6 Å². The molecule has 1 aromatic carbocycles. The number of nitrogens with one attached hydrogen (secondary N) is 2. The number of aromatic nitrogens is 3. The molecule has 1 atom stereocenters. The van der Waals surface area contributed by atoms with Crippen LogP contribution >= 0.6 is 0 Å². The van der Waals surface area contributed by atoms with Crippen molar-refractivity contribution in [2.45, 2.75) is 6.04 Å². The molecular weight excluding hydrogens is 254 g/mol. The van der Waals surface area contributed by atoms with Crippen LogP contribution in [0, 0.1) is 0 Å². The van der Waals surface area contributed by atoms with Gasteiger partial charge in [0.25, 0.3) is 0 Å². The van der Waals surface area contributed by atoms with Crippen LogP contribution in [-0.2, 0) is 4.79 Å². The number of aromatic amines is 1. The minimum Gasteiger partial charge on any atom is -0.368 e. The van der Waals surface area contributed by atoms with Crippen molar-refractivity contribution in [2.75, 3.05) is 5.32 Å². The van der Waals surface area contributed by atoms with Gasteiger partial charge >= 0.3 is 0 Å². The number of anilines is 1. The first-order chi connectivity index (χ1) is 9.75. The molecule has 0 aliphatic carbocycles. The van der Waals surface area contributed by atoms with E-state index in [9.17, 15) is 4.79 Å². The Hall–Kier alpha value is -2.89. The fourth-order valence-corrected chi connectivity index (χ4v) is 2.09. The maximum atomic E-state index is 11.7. The normalized spacial score (nSPS) is 12.2. The number of hydrogen-bond acceptors (Lipinski definition) is 4. The average molecular weight is 267 g/mol. The van der Waals surface area contributed by atoms with Crippen molar-refractivity contribution < 1.29 is 4.79 Å². The number of hydrogen-bond donors (Lipinski definition) is 3. The molecule has 0 fully saturated rings. The van der Waals surface area contributed by atoms with E-state index in [0.29, 0.717) is 11.5 Å². The summed E-state index contributed by atoms with van der Waals surface area (Å²) in [6.07, 6.45) is 3.20. The molecule has 6 nitrogen and oxygen atoms in total. The molecule has 2 aromatic heterocycles. The third kappa shape index (κ3) is 2.18. The molecular formula is C14H13N5O. The molecule has 20 heavy (non-hydrogen) atoms. The zero-order valence-electron chi connectivity index (χ0n) is 10.6. The highest BCUT2D eigenvalue weighted by Crippen LogP contribution is 2.23. The Bertz CT molecular complexity index is 737. The van der Waals surface area contributed by atoms with Crippen LogP contribution in [0.4, 0.5) is 5.82 Å². The highest BCUT2D eigenvalue weighted by atomic mass is 16.1. The van der Waals surface area contributed by atoms with Gasteiger partial charge in [0.1, 0.15) is 23.8 Å². The Morgan fingerprint density at radius 1 is 1.20 bits per heavy atom. The van der Waals surface area contributed by atoms with Gasteiger partial charge in [0, 0.05) is 6.20 Å². The molecule has 6 heteroatoms. The molecule has 0 bridgehead atoms. The highest BCUT2D eigenvalue weighted by Gasteiger charge is 2.19. The summed E-state index contributed by atoms with van der Waals surface area (Å²) in [6.45, 7) is 0. The second-order valence-corrected chi connectivity index (χ2v) is 4.35. The summed E-state index contributed by atoms with van der Waals surface area (Å²) in [4.78, 5) is 23.0. The number of benzene rings is 1.